The van der Waals surface area contributed by atoms with E-state index in [1.807, 2.05) is 42.5 Å². The average molecular weight is 270 g/mol. The Morgan fingerprint density at radius 2 is 1.95 bits per heavy atom. The average Bonchev–Trinajstić information content (AvgIpc) is 2.48. The van der Waals surface area contributed by atoms with Crippen LogP contribution in [-0.4, -0.2) is 16.9 Å². The van der Waals surface area contributed by atoms with Crippen LogP contribution in [0.5, 0.6) is 0 Å². The van der Waals surface area contributed by atoms with Gasteiger partial charge in [0, 0.05) is 6.42 Å². The highest BCUT2D eigenvalue weighted by Crippen LogP contribution is 2.19. The fourth-order valence-electron chi connectivity index (χ4n) is 2.34. The van der Waals surface area contributed by atoms with Gasteiger partial charge in [-0.1, -0.05) is 48.6 Å². The molecule has 1 aliphatic carbocycles. The monoisotopic (exact) mass is 270 g/mol. The molecule has 3 nitrogen and oxygen atoms in total. The fourth-order valence-corrected chi connectivity index (χ4v) is 2.34. The third kappa shape index (κ3) is 3.92. The molecule has 0 heterocycles. The van der Waals surface area contributed by atoms with Crippen LogP contribution in [0.25, 0.3) is 0 Å². The summed E-state index contributed by atoms with van der Waals surface area (Å²) in [5.41, 5.74) is 1.69. The van der Waals surface area contributed by atoms with Crippen molar-refractivity contribution in [3.05, 3.63) is 59.7 Å². The van der Waals surface area contributed by atoms with Gasteiger partial charge in [-0.05, 0) is 30.4 Å². The molecule has 0 spiro atoms. The maximum atomic E-state index is 12.1. The molecule has 1 aliphatic rings. The lowest BCUT2D eigenvalue weighted by atomic mass is 9.90. The number of carboxylic acid groups (broad SMARTS) is 1. The van der Waals surface area contributed by atoms with E-state index < -0.39 is 11.9 Å². The zero-order valence-electron chi connectivity index (χ0n) is 11.3. The highest BCUT2D eigenvalue weighted by atomic mass is 16.4. The second-order valence-corrected chi connectivity index (χ2v) is 5.01. The van der Waals surface area contributed by atoms with Crippen molar-refractivity contribution >= 4 is 11.8 Å². The molecule has 0 saturated heterocycles. The van der Waals surface area contributed by atoms with Crippen molar-refractivity contribution in [2.45, 2.75) is 25.7 Å². The van der Waals surface area contributed by atoms with Crippen LogP contribution in [0, 0.1) is 5.92 Å². The molecular weight excluding hydrogens is 252 g/mol. The first kappa shape index (κ1) is 14.3. The summed E-state index contributed by atoms with van der Waals surface area (Å²) in [4.78, 5) is 23.5. The van der Waals surface area contributed by atoms with Crippen LogP contribution in [-0.2, 0) is 16.0 Å². The molecule has 0 aromatic heterocycles. The van der Waals surface area contributed by atoms with E-state index in [0.29, 0.717) is 12.8 Å². The number of allylic oxidation sites excluding steroid dienone is 4. The number of aliphatic carboxylic acids is 1. The topological polar surface area (TPSA) is 54.4 Å². The van der Waals surface area contributed by atoms with Crippen molar-refractivity contribution in [3.8, 4) is 0 Å². The molecule has 0 aliphatic heterocycles. The second kappa shape index (κ2) is 6.85. The second-order valence-electron chi connectivity index (χ2n) is 5.01. The van der Waals surface area contributed by atoms with Gasteiger partial charge in [0.25, 0.3) is 0 Å². The summed E-state index contributed by atoms with van der Waals surface area (Å²) in [6, 6.07) is 9.44. The fraction of sp³-hybridized carbons (Fsp3) is 0.294. The van der Waals surface area contributed by atoms with Crippen LogP contribution in [0.1, 0.15) is 24.8 Å². The Labute approximate surface area is 118 Å². The van der Waals surface area contributed by atoms with Gasteiger partial charge in [0.2, 0.25) is 0 Å². The molecule has 1 aromatic carbocycles. The number of hydrogen-bond donors (Lipinski definition) is 1. The van der Waals surface area contributed by atoms with E-state index in [1.54, 1.807) is 6.08 Å². The lowest BCUT2D eigenvalue weighted by molar-refractivity contribution is -0.143. The van der Waals surface area contributed by atoms with Gasteiger partial charge < -0.3 is 5.11 Å². The van der Waals surface area contributed by atoms with E-state index in [2.05, 4.69) is 0 Å². The molecule has 2 rings (SSSR count). The van der Waals surface area contributed by atoms with Crippen molar-refractivity contribution < 1.29 is 14.7 Å². The molecule has 0 saturated carbocycles. The normalized spacial score (nSPS) is 15.5. The molecule has 0 fully saturated rings. The molecule has 1 N–H and O–H groups in total. The SMILES string of the molecule is O=C(CC(Cc1ccccc1)C(=O)O)C1=CC=CCC1. The Kier molecular flexibility index (Phi) is 4.88. The molecule has 1 atom stereocenters. The first-order valence-corrected chi connectivity index (χ1v) is 6.82. The van der Waals surface area contributed by atoms with Crippen LogP contribution in [0.15, 0.2) is 54.1 Å². The number of hydrogen-bond acceptors (Lipinski definition) is 2. The Hall–Kier alpha value is -2.16. The predicted molar refractivity (Wildman–Crippen MR) is 77.4 cm³/mol. The minimum Gasteiger partial charge on any atom is -0.481 e. The third-order valence-corrected chi connectivity index (χ3v) is 3.48. The van der Waals surface area contributed by atoms with Gasteiger partial charge in [0.15, 0.2) is 5.78 Å². The van der Waals surface area contributed by atoms with E-state index in [0.717, 1.165) is 17.6 Å². The maximum absolute atomic E-state index is 12.1. The minimum absolute atomic E-state index is 0.0438. The number of carbonyl (C=O) groups excluding carboxylic acids is 1. The van der Waals surface area contributed by atoms with Gasteiger partial charge in [-0.15, -0.1) is 0 Å². The number of carbonyl (C=O) groups is 2. The first-order valence-electron chi connectivity index (χ1n) is 6.82. The zero-order chi connectivity index (χ0) is 14.4. The molecular formula is C17H18O3. The maximum Gasteiger partial charge on any atom is 0.307 e. The Morgan fingerprint density at radius 1 is 1.20 bits per heavy atom. The first-order chi connectivity index (χ1) is 9.66. The van der Waals surface area contributed by atoms with Crippen molar-refractivity contribution in [1.82, 2.24) is 0 Å². The Morgan fingerprint density at radius 3 is 2.55 bits per heavy atom. The number of ketones is 1. The number of Topliss-reactive ketones (excluding diaryl/α,β-unsaturated/α-hetero) is 1. The summed E-state index contributed by atoms with van der Waals surface area (Å²) in [6.07, 6.45) is 7.71. The van der Waals surface area contributed by atoms with Gasteiger partial charge in [-0.25, -0.2) is 0 Å². The number of rotatable bonds is 6. The minimum atomic E-state index is -0.908. The Bertz CT molecular complexity index is 541. The summed E-state index contributed by atoms with van der Waals surface area (Å²) >= 11 is 0. The summed E-state index contributed by atoms with van der Waals surface area (Å²) in [6.45, 7) is 0. The zero-order valence-corrected chi connectivity index (χ0v) is 11.3. The van der Waals surface area contributed by atoms with Gasteiger partial charge >= 0.3 is 5.97 Å². The lowest BCUT2D eigenvalue weighted by Crippen LogP contribution is -2.21. The summed E-state index contributed by atoms with van der Waals surface area (Å²) in [7, 11) is 0. The molecule has 1 unspecified atom stereocenters. The van der Waals surface area contributed by atoms with Gasteiger partial charge in [0.1, 0.15) is 0 Å². The van der Waals surface area contributed by atoms with E-state index in [-0.39, 0.29) is 12.2 Å². The molecule has 104 valence electrons. The van der Waals surface area contributed by atoms with E-state index in [9.17, 15) is 14.7 Å². The number of carboxylic acids is 1. The molecule has 0 bridgehead atoms. The number of benzene rings is 1. The van der Waals surface area contributed by atoms with E-state index >= 15 is 0 Å². The van der Waals surface area contributed by atoms with Crippen LogP contribution in [0.4, 0.5) is 0 Å². The van der Waals surface area contributed by atoms with Crippen molar-refractivity contribution in [1.29, 1.82) is 0 Å². The largest absolute Gasteiger partial charge is 0.481 e. The van der Waals surface area contributed by atoms with E-state index in [1.165, 1.54) is 0 Å². The third-order valence-electron chi connectivity index (χ3n) is 3.48. The highest BCUT2D eigenvalue weighted by molar-refractivity contribution is 5.97. The molecule has 3 heteroatoms. The standard InChI is InChI=1S/C17H18O3/c18-16(14-9-5-2-6-10-14)12-15(17(19)20)11-13-7-3-1-4-8-13/h1-5,7-9,15H,6,10-12H2,(H,19,20). The van der Waals surface area contributed by atoms with E-state index in [4.69, 9.17) is 0 Å². The highest BCUT2D eigenvalue weighted by Gasteiger charge is 2.23. The quantitative estimate of drug-likeness (QED) is 0.863. The predicted octanol–water partition coefficient (Wildman–Crippen LogP) is 3.17. The molecule has 1 aromatic rings. The van der Waals surface area contributed by atoms with Gasteiger partial charge in [-0.3, -0.25) is 9.59 Å². The molecule has 20 heavy (non-hydrogen) atoms. The summed E-state index contributed by atoms with van der Waals surface area (Å²) < 4.78 is 0. The van der Waals surface area contributed by atoms with Gasteiger partial charge in [0.05, 0.1) is 5.92 Å². The molecule has 0 amide bonds. The van der Waals surface area contributed by atoms with Gasteiger partial charge in [-0.2, -0.15) is 0 Å². The van der Waals surface area contributed by atoms with Crippen molar-refractivity contribution in [2.24, 2.45) is 5.92 Å². The van der Waals surface area contributed by atoms with Crippen LogP contribution in [0.3, 0.4) is 0 Å². The van der Waals surface area contributed by atoms with Crippen LogP contribution in [0.2, 0.25) is 0 Å². The summed E-state index contributed by atoms with van der Waals surface area (Å²) in [5, 5.41) is 9.30. The van der Waals surface area contributed by atoms with Crippen LogP contribution >= 0.6 is 0 Å². The smallest absolute Gasteiger partial charge is 0.307 e. The molecule has 0 radical (unpaired) electrons. The van der Waals surface area contributed by atoms with Crippen molar-refractivity contribution in [3.63, 3.8) is 0 Å². The van der Waals surface area contributed by atoms with Crippen LogP contribution < -0.4 is 0 Å². The lowest BCUT2D eigenvalue weighted by Gasteiger charge is -2.14. The summed E-state index contributed by atoms with van der Waals surface area (Å²) in [5.74, 6) is -1.61. The van der Waals surface area contributed by atoms with Crippen molar-refractivity contribution in [2.75, 3.05) is 0 Å². The Balaban J connectivity index is 2.02.